The Balaban J connectivity index is 1.63. The quantitative estimate of drug-likeness (QED) is 0.859. The molecular weight excluding hydrogens is 244 g/mol. The fourth-order valence-corrected chi connectivity index (χ4v) is 4.20. The van der Waals surface area contributed by atoms with E-state index < -0.39 is 5.60 Å². The van der Waals surface area contributed by atoms with E-state index >= 15 is 0 Å². The summed E-state index contributed by atoms with van der Waals surface area (Å²) in [5, 5.41) is 10.9. The second kappa shape index (κ2) is 5.89. The Bertz CT molecular complexity index is 455. The number of hydrogen-bond acceptors (Lipinski definition) is 1. The van der Waals surface area contributed by atoms with Gasteiger partial charge in [-0.2, -0.15) is 0 Å². The number of rotatable bonds is 4. The molecule has 20 heavy (non-hydrogen) atoms. The van der Waals surface area contributed by atoms with E-state index in [1.165, 1.54) is 61.6 Å². The van der Waals surface area contributed by atoms with Crippen LogP contribution in [0, 0.1) is 5.92 Å². The Kier molecular flexibility index (Phi) is 4.16. The Morgan fingerprint density at radius 2 is 1.90 bits per heavy atom. The predicted octanol–water partition coefficient (Wildman–Crippen LogP) is 4.44. The molecule has 0 aliphatic heterocycles. The molecule has 0 amide bonds. The van der Waals surface area contributed by atoms with Gasteiger partial charge in [-0.3, -0.25) is 0 Å². The van der Waals surface area contributed by atoms with Crippen molar-refractivity contribution in [1.29, 1.82) is 0 Å². The van der Waals surface area contributed by atoms with E-state index in [4.69, 9.17) is 0 Å². The molecule has 1 fully saturated rings. The van der Waals surface area contributed by atoms with Gasteiger partial charge >= 0.3 is 0 Å². The summed E-state index contributed by atoms with van der Waals surface area (Å²) in [6.07, 6.45) is 11.7. The van der Waals surface area contributed by atoms with Crippen molar-refractivity contribution in [3.63, 3.8) is 0 Å². The van der Waals surface area contributed by atoms with Crippen molar-refractivity contribution < 1.29 is 5.11 Å². The minimum Gasteiger partial charge on any atom is -0.390 e. The van der Waals surface area contributed by atoms with Crippen LogP contribution in [0.25, 0.3) is 0 Å². The molecule has 1 N–H and O–H groups in total. The third-order valence-corrected chi connectivity index (χ3v) is 5.43. The summed E-state index contributed by atoms with van der Waals surface area (Å²) in [5.74, 6) is 0.861. The molecular formula is C19H28O. The van der Waals surface area contributed by atoms with E-state index in [1.807, 2.05) is 0 Å². The monoisotopic (exact) mass is 272 g/mol. The van der Waals surface area contributed by atoms with Crippen LogP contribution in [0.15, 0.2) is 18.2 Å². The average molecular weight is 272 g/mol. The number of fused-ring (bicyclic) bond motifs is 1. The Labute approximate surface area is 123 Å². The second-order valence-electron chi connectivity index (χ2n) is 7.09. The Hall–Kier alpha value is -0.820. The molecule has 0 atom stereocenters. The topological polar surface area (TPSA) is 20.2 Å². The molecule has 0 radical (unpaired) electrons. The molecule has 1 heteroatoms. The maximum atomic E-state index is 10.9. The molecule has 0 saturated heterocycles. The van der Waals surface area contributed by atoms with Crippen molar-refractivity contribution in [1.82, 2.24) is 0 Å². The van der Waals surface area contributed by atoms with Crippen LogP contribution in [0.1, 0.15) is 68.6 Å². The minimum absolute atomic E-state index is 0.433. The molecule has 0 spiro atoms. The van der Waals surface area contributed by atoms with Crippen molar-refractivity contribution >= 4 is 0 Å². The highest BCUT2D eigenvalue weighted by Gasteiger charge is 2.33. The molecule has 0 bridgehead atoms. The van der Waals surface area contributed by atoms with Gasteiger partial charge in [-0.25, -0.2) is 0 Å². The zero-order valence-corrected chi connectivity index (χ0v) is 12.8. The van der Waals surface area contributed by atoms with Gasteiger partial charge in [-0.15, -0.1) is 0 Å². The maximum absolute atomic E-state index is 10.9. The van der Waals surface area contributed by atoms with E-state index in [0.29, 0.717) is 0 Å². The van der Waals surface area contributed by atoms with Crippen LogP contribution in [-0.2, 0) is 19.3 Å². The van der Waals surface area contributed by atoms with Crippen molar-refractivity contribution in [3.8, 4) is 0 Å². The first-order valence-electron chi connectivity index (χ1n) is 8.51. The van der Waals surface area contributed by atoms with Crippen LogP contribution in [0.3, 0.4) is 0 Å². The molecule has 1 saturated carbocycles. The fourth-order valence-electron chi connectivity index (χ4n) is 4.20. The van der Waals surface area contributed by atoms with E-state index in [9.17, 15) is 5.11 Å². The highest BCUT2D eigenvalue weighted by molar-refractivity contribution is 5.35. The first kappa shape index (κ1) is 14.1. The maximum Gasteiger partial charge on any atom is 0.0688 e. The van der Waals surface area contributed by atoms with Gasteiger partial charge in [0.1, 0.15) is 0 Å². The molecule has 2 aliphatic carbocycles. The molecule has 2 aliphatic rings. The zero-order valence-electron chi connectivity index (χ0n) is 12.8. The minimum atomic E-state index is -0.433. The standard InChI is InChI=1S/C19H28O/c1-2-4-15-9-11-19(20,12-10-15)14-16-7-8-17-5-3-6-18(17)13-16/h7-8,13,15,20H,2-6,9-12,14H2,1H3. The van der Waals surface area contributed by atoms with Gasteiger partial charge in [-0.05, 0) is 67.6 Å². The molecule has 1 aromatic rings. The van der Waals surface area contributed by atoms with Crippen LogP contribution in [0.4, 0.5) is 0 Å². The first-order valence-corrected chi connectivity index (χ1v) is 8.51. The van der Waals surface area contributed by atoms with Gasteiger partial charge in [0.2, 0.25) is 0 Å². The molecule has 1 aromatic carbocycles. The molecule has 110 valence electrons. The molecule has 1 nitrogen and oxygen atoms in total. The Morgan fingerprint density at radius 3 is 2.65 bits per heavy atom. The lowest BCUT2D eigenvalue weighted by molar-refractivity contribution is -0.00988. The van der Waals surface area contributed by atoms with Crippen LogP contribution in [-0.4, -0.2) is 10.7 Å². The number of benzene rings is 1. The summed E-state index contributed by atoms with van der Waals surface area (Å²) in [5.41, 5.74) is 3.98. The summed E-state index contributed by atoms with van der Waals surface area (Å²) in [7, 11) is 0. The van der Waals surface area contributed by atoms with Gasteiger partial charge in [-0.1, -0.05) is 38.0 Å². The number of aryl methyl sites for hydroxylation is 2. The van der Waals surface area contributed by atoms with Crippen molar-refractivity contribution in [3.05, 3.63) is 34.9 Å². The van der Waals surface area contributed by atoms with Crippen LogP contribution >= 0.6 is 0 Å². The van der Waals surface area contributed by atoms with E-state index in [-0.39, 0.29) is 0 Å². The summed E-state index contributed by atoms with van der Waals surface area (Å²) >= 11 is 0. The third kappa shape index (κ3) is 3.09. The lowest BCUT2D eigenvalue weighted by atomic mass is 9.74. The number of hydrogen-bond donors (Lipinski definition) is 1. The van der Waals surface area contributed by atoms with Gasteiger partial charge < -0.3 is 5.11 Å². The van der Waals surface area contributed by atoms with Crippen LogP contribution in [0.5, 0.6) is 0 Å². The van der Waals surface area contributed by atoms with E-state index in [0.717, 1.165) is 25.2 Å². The summed E-state index contributed by atoms with van der Waals surface area (Å²) in [4.78, 5) is 0. The van der Waals surface area contributed by atoms with Gasteiger partial charge in [0.05, 0.1) is 5.60 Å². The molecule has 0 aromatic heterocycles. The third-order valence-electron chi connectivity index (χ3n) is 5.43. The summed E-state index contributed by atoms with van der Waals surface area (Å²) in [6, 6.07) is 6.91. The highest BCUT2D eigenvalue weighted by atomic mass is 16.3. The van der Waals surface area contributed by atoms with Gasteiger partial charge in [0.15, 0.2) is 0 Å². The highest BCUT2D eigenvalue weighted by Crippen LogP contribution is 2.37. The lowest BCUT2D eigenvalue weighted by Crippen LogP contribution is -2.36. The summed E-state index contributed by atoms with van der Waals surface area (Å²) < 4.78 is 0. The molecule has 3 rings (SSSR count). The van der Waals surface area contributed by atoms with Gasteiger partial charge in [0, 0.05) is 6.42 Å². The molecule has 0 unspecified atom stereocenters. The van der Waals surface area contributed by atoms with E-state index in [2.05, 4.69) is 25.1 Å². The largest absolute Gasteiger partial charge is 0.390 e. The normalized spacial score (nSPS) is 29.4. The fraction of sp³-hybridized carbons (Fsp3) is 0.684. The SMILES string of the molecule is CCCC1CCC(O)(Cc2ccc3c(c2)CCC3)CC1. The lowest BCUT2D eigenvalue weighted by Gasteiger charge is -2.36. The smallest absolute Gasteiger partial charge is 0.0688 e. The van der Waals surface area contributed by atoms with Crippen LogP contribution < -0.4 is 0 Å². The Morgan fingerprint density at radius 1 is 1.15 bits per heavy atom. The van der Waals surface area contributed by atoms with Crippen molar-refractivity contribution in [2.24, 2.45) is 5.92 Å². The van der Waals surface area contributed by atoms with E-state index in [1.54, 1.807) is 0 Å². The second-order valence-corrected chi connectivity index (χ2v) is 7.09. The number of aliphatic hydroxyl groups is 1. The van der Waals surface area contributed by atoms with Crippen molar-refractivity contribution in [2.45, 2.75) is 76.7 Å². The first-order chi connectivity index (χ1) is 9.68. The van der Waals surface area contributed by atoms with Gasteiger partial charge in [0.25, 0.3) is 0 Å². The average Bonchev–Trinajstić information content (AvgIpc) is 2.89. The predicted molar refractivity (Wildman–Crippen MR) is 84.0 cm³/mol. The van der Waals surface area contributed by atoms with Crippen molar-refractivity contribution in [2.75, 3.05) is 0 Å². The summed E-state index contributed by atoms with van der Waals surface area (Å²) in [6.45, 7) is 2.27. The molecule has 0 heterocycles. The zero-order chi connectivity index (χ0) is 14.0. The van der Waals surface area contributed by atoms with Crippen LogP contribution in [0.2, 0.25) is 0 Å².